The molecule has 0 bridgehead atoms. The van der Waals surface area contributed by atoms with Crippen LogP contribution in [0.15, 0.2) is 92.7 Å². The number of hydrogen-bond acceptors (Lipinski definition) is 4. The van der Waals surface area contributed by atoms with Crippen molar-refractivity contribution in [3.8, 4) is 0 Å². The van der Waals surface area contributed by atoms with E-state index >= 15 is 0 Å². The number of halogens is 2. The second-order valence-corrected chi connectivity index (χ2v) is 13.7. The molecule has 4 rings (SSSR count). The fourth-order valence-electron chi connectivity index (χ4n) is 4.82. The van der Waals surface area contributed by atoms with Crippen molar-refractivity contribution in [2.75, 3.05) is 10.8 Å². The van der Waals surface area contributed by atoms with Gasteiger partial charge in [-0.1, -0.05) is 87.5 Å². The van der Waals surface area contributed by atoms with Crippen LogP contribution in [0.25, 0.3) is 0 Å². The smallest absolute Gasteiger partial charge is 0.264 e. The van der Waals surface area contributed by atoms with E-state index in [1.165, 1.54) is 17.0 Å². The first-order valence-corrected chi connectivity index (χ1v) is 16.4. The number of carbonyl (C=O) groups is 2. The Hall–Kier alpha value is -2.69. The van der Waals surface area contributed by atoms with Gasteiger partial charge in [0.1, 0.15) is 12.6 Å². The largest absolute Gasteiger partial charge is 0.352 e. The maximum Gasteiger partial charge on any atom is 0.264 e. The van der Waals surface area contributed by atoms with Crippen LogP contribution in [0.1, 0.15) is 44.6 Å². The van der Waals surface area contributed by atoms with Crippen LogP contribution in [0.4, 0.5) is 5.69 Å². The van der Waals surface area contributed by atoms with Crippen molar-refractivity contribution in [3.05, 3.63) is 93.4 Å². The van der Waals surface area contributed by atoms with Gasteiger partial charge in [-0.25, -0.2) is 8.42 Å². The molecule has 1 saturated carbocycles. The highest BCUT2D eigenvalue weighted by molar-refractivity contribution is 9.10. The van der Waals surface area contributed by atoms with Crippen LogP contribution in [0.2, 0.25) is 0 Å². The molecule has 7 nitrogen and oxygen atoms in total. The molecule has 1 aliphatic rings. The molecular weight excluding hydrogens is 658 g/mol. The third-order valence-corrected chi connectivity index (χ3v) is 9.90. The third kappa shape index (κ3) is 7.73. The summed E-state index contributed by atoms with van der Waals surface area (Å²) in [7, 11) is -4.09. The number of nitrogens with zero attached hydrogens (tertiary/aromatic N) is 2. The van der Waals surface area contributed by atoms with Crippen LogP contribution in [0, 0.1) is 0 Å². The van der Waals surface area contributed by atoms with Gasteiger partial charge in [0, 0.05) is 21.5 Å². The lowest BCUT2D eigenvalue weighted by molar-refractivity contribution is -0.139. The minimum Gasteiger partial charge on any atom is -0.352 e. The van der Waals surface area contributed by atoms with Crippen LogP contribution < -0.4 is 9.62 Å². The van der Waals surface area contributed by atoms with Crippen LogP contribution in [0.3, 0.4) is 0 Å². The number of sulfonamides is 1. The molecule has 0 aromatic heterocycles. The number of anilines is 1. The van der Waals surface area contributed by atoms with Crippen LogP contribution >= 0.6 is 31.9 Å². The summed E-state index contributed by atoms with van der Waals surface area (Å²) in [5.41, 5.74) is 1.17. The van der Waals surface area contributed by atoms with Crippen LogP contribution in [-0.2, 0) is 26.2 Å². The van der Waals surface area contributed by atoms with Crippen molar-refractivity contribution in [2.45, 2.75) is 62.6 Å². The van der Waals surface area contributed by atoms with Crippen LogP contribution in [-0.4, -0.2) is 43.8 Å². The van der Waals surface area contributed by atoms with Gasteiger partial charge in [-0.3, -0.25) is 13.9 Å². The Balaban J connectivity index is 1.66. The predicted molar refractivity (Wildman–Crippen MR) is 164 cm³/mol. The third-order valence-electron chi connectivity index (χ3n) is 7.09. The Bertz CT molecular complexity index is 1410. The Labute approximate surface area is 253 Å². The summed E-state index contributed by atoms with van der Waals surface area (Å²) in [4.78, 5) is 28.9. The summed E-state index contributed by atoms with van der Waals surface area (Å²) in [6.45, 7) is 1.39. The van der Waals surface area contributed by atoms with Crippen molar-refractivity contribution in [2.24, 2.45) is 0 Å². The molecule has 0 unspecified atom stereocenters. The van der Waals surface area contributed by atoms with E-state index in [2.05, 4.69) is 37.2 Å². The molecule has 2 amide bonds. The van der Waals surface area contributed by atoms with Gasteiger partial charge in [-0.15, -0.1) is 0 Å². The van der Waals surface area contributed by atoms with Crippen molar-refractivity contribution >= 4 is 59.4 Å². The van der Waals surface area contributed by atoms with Gasteiger partial charge in [0.05, 0.1) is 10.6 Å². The molecule has 0 saturated heterocycles. The van der Waals surface area contributed by atoms with Crippen molar-refractivity contribution in [1.82, 2.24) is 10.2 Å². The van der Waals surface area contributed by atoms with E-state index < -0.39 is 28.5 Å². The SMILES string of the molecule is C[C@@H](C(=O)NC1CCCCC1)N(Cc1ccc(Br)cc1)C(=O)CN(c1cccc(Br)c1)S(=O)(=O)c1ccccc1. The Morgan fingerprint density at radius 3 is 2.23 bits per heavy atom. The zero-order valence-electron chi connectivity index (χ0n) is 22.3. The van der Waals surface area contributed by atoms with E-state index in [1.807, 2.05) is 24.3 Å². The highest BCUT2D eigenvalue weighted by atomic mass is 79.9. The lowest BCUT2D eigenvalue weighted by Gasteiger charge is -2.33. The first-order chi connectivity index (χ1) is 19.1. The molecule has 3 aromatic carbocycles. The summed E-state index contributed by atoms with van der Waals surface area (Å²) in [6.07, 6.45) is 5.15. The molecular formula is C30H33Br2N3O4S. The van der Waals surface area contributed by atoms with Gasteiger partial charge in [0.25, 0.3) is 10.0 Å². The summed E-state index contributed by atoms with van der Waals surface area (Å²) >= 11 is 6.85. The molecule has 0 radical (unpaired) electrons. The van der Waals surface area contributed by atoms with Gasteiger partial charge in [0.2, 0.25) is 11.8 Å². The standard InChI is InChI=1S/C30H33Br2N3O4S/c1-22(30(37)33-26-10-4-2-5-11-26)34(20-23-15-17-24(31)18-16-23)29(36)21-35(27-12-8-9-25(32)19-27)40(38,39)28-13-6-3-7-14-28/h3,6-9,12-19,22,26H,2,4-5,10-11,20-21H2,1H3,(H,33,37)/t22-/m0/s1. The van der Waals surface area contributed by atoms with Crippen molar-refractivity contribution in [3.63, 3.8) is 0 Å². The number of amides is 2. The number of rotatable bonds is 10. The Morgan fingerprint density at radius 1 is 0.900 bits per heavy atom. The van der Waals surface area contributed by atoms with Gasteiger partial charge < -0.3 is 10.2 Å². The monoisotopic (exact) mass is 689 g/mol. The Kier molecular flexibility index (Phi) is 10.4. The van der Waals surface area contributed by atoms with Gasteiger partial charge in [0.15, 0.2) is 0 Å². The highest BCUT2D eigenvalue weighted by Crippen LogP contribution is 2.27. The Morgan fingerprint density at radius 2 is 1.57 bits per heavy atom. The summed E-state index contributed by atoms with van der Waals surface area (Å²) in [5.74, 6) is -0.717. The average molecular weight is 691 g/mol. The van der Waals surface area contributed by atoms with Crippen molar-refractivity contribution in [1.29, 1.82) is 0 Å². The first kappa shape index (κ1) is 30.3. The molecule has 1 atom stereocenters. The fraction of sp³-hybridized carbons (Fsp3) is 0.333. The topological polar surface area (TPSA) is 86.8 Å². The minimum atomic E-state index is -4.09. The molecule has 1 aliphatic carbocycles. The van der Waals surface area contributed by atoms with Gasteiger partial charge >= 0.3 is 0 Å². The highest BCUT2D eigenvalue weighted by Gasteiger charge is 2.33. The maximum atomic E-state index is 14.0. The first-order valence-electron chi connectivity index (χ1n) is 13.3. The van der Waals surface area contributed by atoms with Crippen molar-refractivity contribution < 1.29 is 18.0 Å². The lowest BCUT2D eigenvalue weighted by atomic mass is 9.95. The second-order valence-electron chi connectivity index (χ2n) is 9.97. The number of nitrogens with one attached hydrogen (secondary N) is 1. The molecule has 212 valence electrons. The summed E-state index contributed by atoms with van der Waals surface area (Å²) < 4.78 is 30.3. The fourth-order valence-corrected chi connectivity index (χ4v) is 6.90. The van der Waals surface area contributed by atoms with Crippen LogP contribution in [0.5, 0.6) is 0 Å². The zero-order chi connectivity index (χ0) is 28.7. The van der Waals surface area contributed by atoms with E-state index in [9.17, 15) is 18.0 Å². The van der Waals surface area contributed by atoms with E-state index in [-0.39, 0.29) is 23.4 Å². The lowest BCUT2D eigenvalue weighted by Crippen LogP contribution is -2.53. The minimum absolute atomic E-state index is 0.0744. The average Bonchev–Trinajstić information content (AvgIpc) is 2.96. The zero-order valence-corrected chi connectivity index (χ0v) is 26.3. The predicted octanol–water partition coefficient (Wildman–Crippen LogP) is 6.27. The van der Waals surface area contributed by atoms with Gasteiger partial charge in [-0.2, -0.15) is 0 Å². The molecule has 0 heterocycles. The summed E-state index contributed by atoms with van der Waals surface area (Å²) in [6, 6.07) is 21.6. The quantitative estimate of drug-likeness (QED) is 0.272. The second kappa shape index (κ2) is 13.8. The normalized spacial score (nSPS) is 14.8. The molecule has 1 fully saturated rings. The number of hydrogen-bond donors (Lipinski definition) is 1. The van der Waals surface area contributed by atoms with E-state index in [0.29, 0.717) is 10.2 Å². The number of carbonyl (C=O) groups excluding carboxylic acids is 2. The molecule has 1 N–H and O–H groups in total. The van der Waals surface area contributed by atoms with E-state index in [0.717, 1.165) is 46.4 Å². The van der Waals surface area contributed by atoms with E-state index in [4.69, 9.17) is 0 Å². The maximum absolute atomic E-state index is 14.0. The van der Waals surface area contributed by atoms with E-state index in [1.54, 1.807) is 49.4 Å². The number of benzene rings is 3. The summed E-state index contributed by atoms with van der Waals surface area (Å²) in [5, 5.41) is 3.12. The molecule has 0 aliphatic heterocycles. The molecule has 40 heavy (non-hydrogen) atoms. The van der Waals surface area contributed by atoms with Gasteiger partial charge in [-0.05, 0) is 67.8 Å². The molecule has 3 aromatic rings. The molecule has 10 heteroatoms. The molecule has 0 spiro atoms.